The van der Waals surface area contributed by atoms with Gasteiger partial charge in [0.1, 0.15) is 23.8 Å². The summed E-state index contributed by atoms with van der Waals surface area (Å²) in [6, 6.07) is 16.8. The maximum Gasteiger partial charge on any atom is 0.410 e. The van der Waals surface area contributed by atoms with E-state index in [2.05, 4.69) is 24.4 Å². The Hall–Kier alpha value is -3.49. The predicted molar refractivity (Wildman–Crippen MR) is 149 cm³/mol. The first-order valence-corrected chi connectivity index (χ1v) is 14.1. The van der Waals surface area contributed by atoms with E-state index < -0.39 is 23.8 Å². The minimum Gasteiger partial charge on any atom is -0.444 e. The van der Waals surface area contributed by atoms with Crippen molar-refractivity contribution < 1.29 is 14.3 Å². The highest BCUT2D eigenvalue weighted by atomic mass is 32.2. The molecule has 8 heteroatoms. The first kappa shape index (κ1) is 29.1. The summed E-state index contributed by atoms with van der Waals surface area (Å²) in [6.07, 6.45) is 3.08. The summed E-state index contributed by atoms with van der Waals surface area (Å²) in [5.74, 6) is 0.642. The van der Waals surface area contributed by atoms with E-state index in [1.807, 2.05) is 42.5 Å². The molecule has 3 rings (SSSR count). The number of amides is 2. The van der Waals surface area contributed by atoms with Crippen molar-refractivity contribution in [3.05, 3.63) is 53.6 Å². The highest BCUT2D eigenvalue weighted by Gasteiger charge is 2.35. The molecule has 0 saturated carbocycles. The Labute approximate surface area is 230 Å². The monoisotopic (exact) mass is 532 g/mol. The third kappa shape index (κ3) is 8.00. The van der Waals surface area contributed by atoms with Gasteiger partial charge in [-0.2, -0.15) is 10.5 Å². The number of piperidine rings is 1. The quantitative estimate of drug-likeness (QED) is 0.414. The topological polar surface area (TPSA) is 106 Å². The number of hydrogen-bond donors (Lipinski definition) is 1. The van der Waals surface area contributed by atoms with E-state index >= 15 is 0 Å². The third-order valence-corrected chi connectivity index (χ3v) is 7.47. The van der Waals surface area contributed by atoms with Gasteiger partial charge in [-0.15, -0.1) is 11.8 Å². The number of hydrogen-bond acceptors (Lipinski definition) is 6. The molecule has 0 aromatic heterocycles. The molecule has 1 aliphatic rings. The van der Waals surface area contributed by atoms with E-state index in [1.165, 1.54) is 4.90 Å². The number of thioether (sulfide) groups is 1. The van der Waals surface area contributed by atoms with Crippen molar-refractivity contribution in [2.24, 2.45) is 0 Å². The Kier molecular flexibility index (Phi) is 10.2. The van der Waals surface area contributed by atoms with Crippen molar-refractivity contribution in [2.45, 2.75) is 82.4 Å². The SMILES string of the molecule is CCCSc1ccc(-c2ccc(C[C@@H](C#N)NC(=O)[C@@H]3CCCCN3C(=O)OC(C)(C)C)cc2)cc1C#N. The van der Waals surface area contributed by atoms with Crippen LogP contribution in [0.25, 0.3) is 11.1 Å². The van der Waals surface area contributed by atoms with Crippen molar-refractivity contribution >= 4 is 23.8 Å². The lowest BCUT2D eigenvalue weighted by Crippen LogP contribution is -2.54. The number of likely N-dealkylation sites (tertiary alicyclic amines) is 1. The Morgan fingerprint density at radius 2 is 1.84 bits per heavy atom. The highest BCUT2D eigenvalue weighted by Crippen LogP contribution is 2.29. The van der Waals surface area contributed by atoms with Crippen LogP contribution in [0.1, 0.15) is 64.5 Å². The molecule has 1 saturated heterocycles. The standard InChI is InChI=1S/C30H36N4O3S/c1-5-16-38-27-14-13-23(18-24(27)19-31)22-11-9-21(10-12-22)17-25(20-32)33-28(35)26-8-6-7-15-34(26)29(36)37-30(2,3)4/h9-14,18,25-26H,5-8,15-17H2,1-4H3,(H,33,35)/t25-,26-/m0/s1. The summed E-state index contributed by atoms with van der Waals surface area (Å²) in [6.45, 7) is 7.96. The summed E-state index contributed by atoms with van der Waals surface area (Å²) in [7, 11) is 0. The van der Waals surface area contributed by atoms with E-state index in [9.17, 15) is 20.1 Å². The lowest BCUT2D eigenvalue weighted by Gasteiger charge is -2.36. The Balaban J connectivity index is 1.66. The van der Waals surface area contributed by atoms with Crippen LogP contribution in [0.5, 0.6) is 0 Å². The summed E-state index contributed by atoms with van der Waals surface area (Å²) in [5.41, 5.74) is 2.86. The van der Waals surface area contributed by atoms with Crippen LogP contribution in [0.3, 0.4) is 0 Å². The molecule has 7 nitrogen and oxygen atoms in total. The van der Waals surface area contributed by atoms with Gasteiger partial charge in [0, 0.05) is 17.9 Å². The van der Waals surface area contributed by atoms with Gasteiger partial charge in [0.05, 0.1) is 11.6 Å². The highest BCUT2D eigenvalue weighted by molar-refractivity contribution is 7.99. The third-order valence-electron chi connectivity index (χ3n) is 6.19. The van der Waals surface area contributed by atoms with E-state index in [0.29, 0.717) is 24.9 Å². The Bertz CT molecular complexity index is 1210. The van der Waals surface area contributed by atoms with E-state index in [-0.39, 0.29) is 5.91 Å². The maximum atomic E-state index is 13.1. The van der Waals surface area contributed by atoms with Crippen LogP contribution < -0.4 is 5.32 Å². The smallest absolute Gasteiger partial charge is 0.410 e. The number of carbonyl (C=O) groups is 2. The van der Waals surface area contributed by atoms with Crippen LogP contribution in [0, 0.1) is 22.7 Å². The molecule has 38 heavy (non-hydrogen) atoms. The molecule has 0 spiro atoms. The molecule has 0 radical (unpaired) electrons. The molecule has 1 heterocycles. The molecule has 0 bridgehead atoms. The van der Waals surface area contributed by atoms with Crippen LogP contribution in [0.2, 0.25) is 0 Å². The summed E-state index contributed by atoms with van der Waals surface area (Å²) >= 11 is 1.69. The average molecular weight is 533 g/mol. The summed E-state index contributed by atoms with van der Waals surface area (Å²) < 4.78 is 5.49. The number of nitriles is 2. The Morgan fingerprint density at radius 3 is 2.47 bits per heavy atom. The van der Waals surface area contributed by atoms with Crippen molar-refractivity contribution in [1.29, 1.82) is 10.5 Å². The van der Waals surface area contributed by atoms with Crippen LogP contribution in [0.4, 0.5) is 4.79 Å². The van der Waals surface area contributed by atoms with E-state index in [4.69, 9.17) is 4.74 Å². The van der Waals surface area contributed by atoms with Gasteiger partial charge in [0.15, 0.2) is 0 Å². The minimum atomic E-state index is -0.726. The lowest BCUT2D eigenvalue weighted by molar-refractivity contribution is -0.128. The largest absolute Gasteiger partial charge is 0.444 e. The summed E-state index contributed by atoms with van der Waals surface area (Å²) in [5, 5.41) is 22.1. The van der Waals surface area contributed by atoms with Crippen LogP contribution in [-0.2, 0) is 16.0 Å². The molecule has 1 aliphatic heterocycles. The second-order valence-electron chi connectivity index (χ2n) is 10.4. The zero-order chi connectivity index (χ0) is 27.7. The lowest BCUT2D eigenvalue weighted by atomic mass is 9.99. The maximum absolute atomic E-state index is 13.1. The number of benzene rings is 2. The summed E-state index contributed by atoms with van der Waals surface area (Å²) in [4.78, 5) is 28.2. The van der Waals surface area contributed by atoms with Gasteiger partial charge in [-0.25, -0.2) is 4.79 Å². The van der Waals surface area contributed by atoms with Crippen molar-refractivity contribution in [3.8, 4) is 23.3 Å². The fourth-order valence-electron chi connectivity index (χ4n) is 4.34. The van der Waals surface area contributed by atoms with Crippen LogP contribution >= 0.6 is 11.8 Å². The number of nitrogens with one attached hydrogen (secondary N) is 1. The van der Waals surface area contributed by atoms with E-state index in [1.54, 1.807) is 32.5 Å². The van der Waals surface area contributed by atoms with Gasteiger partial charge in [-0.1, -0.05) is 37.3 Å². The second-order valence-corrected chi connectivity index (χ2v) is 11.6. The first-order valence-electron chi connectivity index (χ1n) is 13.1. The van der Waals surface area contributed by atoms with Crippen molar-refractivity contribution in [1.82, 2.24) is 10.2 Å². The van der Waals surface area contributed by atoms with Gasteiger partial charge in [0.2, 0.25) is 5.91 Å². The zero-order valence-corrected chi connectivity index (χ0v) is 23.4. The predicted octanol–water partition coefficient (Wildman–Crippen LogP) is 6.07. The van der Waals surface area contributed by atoms with Crippen molar-refractivity contribution in [3.63, 3.8) is 0 Å². The molecular formula is C30H36N4O3S. The molecule has 1 N–H and O–H groups in total. The van der Waals surface area contributed by atoms with Gasteiger partial charge in [-0.3, -0.25) is 9.69 Å². The number of ether oxygens (including phenoxy) is 1. The van der Waals surface area contributed by atoms with E-state index in [0.717, 1.165) is 46.6 Å². The fourth-order valence-corrected chi connectivity index (χ4v) is 5.19. The zero-order valence-electron chi connectivity index (χ0n) is 22.6. The van der Waals surface area contributed by atoms with Gasteiger partial charge in [0.25, 0.3) is 0 Å². The first-order chi connectivity index (χ1) is 18.1. The minimum absolute atomic E-state index is 0.330. The number of carbonyl (C=O) groups excluding carboxylic acids is 2. The number of nitrogens with zero attached hydrogens (tertiary/aromatic N) is 3. The normalized spacial score (nSPS) is 16.2. The molecule has 200 valence electrons. The molecule has 0 aliphatic carbocycles. The number of rotatable bonds is 8. The van der Waals surface area contributed by atoms with Gasteiger partial charge in [-0.05, 0) is 81.0 Å². The van der Waals surface area contributed by atoms with Gasteiger partial charge < -0.3 is 10.1 Å². The fraction of sp³-hybridized carbons (Fsp3) is 0.467. The van der Waals surface area contributed by atoms with Crippen molar-refractivity contribution in [2.75, 3.05) is 12.3 Å². The second kappa shape index (κ2) is 13.3. The Morgan fingerprint density at radius 1 is 1.13 bits per heavy atom. The molecule has 0 unspecified atom stereocenters. The molecule has 2 atom stereocenters. The molecular weight excluding hydrogens is 496 g/mol. The van der Waals surface area contributed by atoms with Crippen LogP contribution in [0.15, 0.2) is 47.4 Å². The molecule has 2 aromatic rings. The molecule has 1 fully saturated rings. The average Bonchev–Trinajstić information content (AvgIpc) is 2.90. The van der Waals surface area contributed by atoms with Crippen LogP contribution in [-0.4, -0.2) is 46.9 Å². The molecule has 2 amide bonds. The van der Waals surface area contributed by atoms with Gasteiger partial charge >= 0.3 is 6.09 Å². The molecule has 2 aromatic carbocycles.